The van der Waals surface area contributed by atoms with Crippen molar-refractivity contribution in [3.63, 3.8) is 0 Å². The predicted octanol–water partition coefficient (Wildman–Crippen LogP) is 4.05. The lowest BCUT2D eigenvalue weighted by Gasteiger charge is -2.42. The second-order valence-corrected chi connectivity index (χ2v) is 6.84. The van der Waals surface area contributed by atoms with Crippen molar-refractivity contribution in [1.82, 2.24) is 5.32 Å². The maximum atomic E-state index is 3.71. The average molecular weight is 325 g/mol. The van der Waals surface area contributed by atoms with Crippen molar-refractivity contribution in [1.29, 1.82) is 0 Å². The molecule has 2 atom stereocenters. The maximum absolute atomic E-state index is 3.71. The Morgan fingerprint density at radius 1 is 1.42 bits per heavy atom. The predicted molar refractivity (Wildman–Crippen MR) is 86.8 cm³/mol. The van der Waals surface area contributed by atoms with E-state index in [0.29, 0.717) is 12.1 Å². The van der Waals surface area contributed by atoms with E-state index < -0.39 is 0 Å². The van der Waals surface area contributed by atoms with E-state index in [1.165, 1.54) is 23.0 Å². The molecule has 2 rings (SSSR count). The zero-order valence-corrected chi connectivity index (χ0v) is 13.8. The Morgan fingerprint density at radius 2 is 2.21 bits per heavy atom. The van der Waals surface area contributed by atoms with Crippen molar-refractivity contribution in [3.05, 3.63) is 28.7 Å². The zero-order valence-electron chi connectivity index (χ0n) is 12.2. The van der Waals surface area contributed by atoms with E-state index in [0.717, 1.165) is 19.0 Å². The molecule has 106 valence electrons. The molecule has 1 saturated heterocycles. The van der Waals surface area contributed by atoms with Crippen LogP contribution in [0.1, 0.15) is 33.6 Å². The molecule has 19 heavy (non-hydrogen) atoms. The topological polar surface area (TPSA) is 15.3 Å². The molecule has 1 aliphatic heterocycles. The molecule has 1 fully saturated rings. The summed E-state index contributed by atoms with van der Waals surface area (Å²) in [5.41, 5.74) is 1.34. The Hall–Kier alpha value is -0.540. The third-order valence-corrected chi connectivity index (χ3v) is 4.36. The van der Waals surface area contributed by atoms with Gasteiger partial charge in [0, 0.05) is 35.3 Å². The first kappa shape index (κ1) is 14.9. The number of anilines is 1. The molecule has 0 bridgehead atoms. The van der Waals surface area contributed by atoms with Gasteiger partial charge in [-0.25, -0.2) is 0 Å². The van der Waals surface area contributed by atoms with Gasteiger partial charge in [-0.05, 0) is 37.0 Å². The van der Waals surface area contributed by atoms with Crippen LogP contribution in [-0.4, -0.2) is 25.2 Å². The SMILES string of the molecule is CCC1CNC(CC(C)C)CN1c1cccc(Br)c1. The van der Waals surface area contributed by atoms with E-state index in [1.807, 2.05) is 0 Å². The third kappa shape index (κ3) is 3.96. The molecule has 2 nitrogen and oxygen atoms in total. The minimum atomic E-state index is 0.609. The number of piperazine rings is 1. The Kier molecular flexibility index (Phi) is 5.28. The van der Waals surface area contributed by atoms with Crippen LogP contribution in [0.4, 0.5) is 5.69 Å². The molecular weight excluding hydrogens is 300 g/mol. The maximum Gasteiger partial charge on any atom is 0.0412 e. The first-order valence-corrected chi connectivity index (χ1v) is 8.15. The van der Waals surface area contributed by atoms with Gasteiger partial charge in [0.1, 0.15) is 0 Å². The fourth-order valence-corrected chi connectivity index (χ4v) is 3.31. The summed E-state index contributed by atoms with van der Waals surface area (Å²) in [7, 11) is 0. The van der Waals surface area contributed by atoms with Crippen molar-refractivity contribution in [2.45, 2.75) is 45.7 Å². The highest BCUT2D eigenvalue weighted by Crippen LogP contribution is 2.25. The summed E-state index contributed by atoms with van der Waals surface area (Å²) in [6, 6.07) is 9.91. The Bertz CT molecular complexity index is 405. The number of nitrogens with one attached hydrogen (secondary N) is 1. The quantitative estimate of drug-likeness (QED) is 0.898. The number of halogens is 1. The van der Waals surface area contributed by atoms with E-state index in [1.54, 1.807) is 0 Å². The summed E-state index contributed by atoms with van der Waals surface area (Å²) in [6.07, 6.45) is 2.44. The number of benzene rings is 1. The largest absolute Gasteiger partial charge is 0.366 e. The molecule has 1 aliphatic rings. The molecule has 3 heteroatoms. The average Bonchev–Trinajstić information content (AvgIpc) is 2.38. The number of rotatable bonds is 4. The minimum absolute atomic E-state index is 0.609. The van der Waals surface area contributed by atoms with E-state index >= 15 is 0 Å². The molecule has 2 unspecified atom stereocenters. The van der Waals surface area contributed by atoms with Crippen LogP contribution >= 0.6 is 15.9 Å². The second kappa shape index (κ2) is 6.76. The smallest absolute Gasteiger partial charge is 0.0412 e. The standard InChI is InChI=1S/C16H25BrN2/c1-4-15-10-18-14(8-12(2)3)11-19(15)16-7-5-6-13(17)9-16/h5-7,9,12,14-15,18H,4,8,10-11H2,1-3H3. The van der Waals surface area contributed by atoms with Gasteiger partial charge in [0.05, 0.1) is 0 Å². The van der Waals surface area contributed by atoms with Crippen LogP contribution in [-0.2, 0) is 0 Å². The van der Waals surface area contributed by atoms with Gasteiger partial charge in [-0.1, -0.05) is 42.8 Å². The minimum Gasteiger partial charge on any atom is -0.366 e. The summed E-state index contributed by atoms with van der Waals surface area (Å²) in [5.74, 6) is 0.750. The monoisotopic (exact) mass is 324 g/mol. The van der Waals surface area contributed by atoms with E-state index in [4.69, 9.17) is 0 Å². The summed E-state index contributed by atoms with van der Waals surface area (Å²) >= 11 is 3.58. The van der Waals surface area contributed by atoms with E-state index in [9.17, 15) is 0 Å². The number of nitrogens with zero attached hydrogens (tertiary/aromatic N) is 1. The molecule has 0 aliphatic carbocycles. The van der Waals surface area contributed by atoms with Gasteiger partial charge in [-0.15, -0.1) is 0 Å². The van der Waals surface area contributed by atoms with Gasteiger partial charge in [0.25, 0.3) is 0 Å². The van der Waals surface area contributed by atoms with Gasteiger partial charge in [0.15, 0.2) is 0 Å². The summed E-state index contributed by atoms with van der Waals surface area (Å²) in [5, 5.41) is 3.71. The van der Waals surface area contributed by atoms with Crippen molar-refractivity contribution >= 4 is 21.6 Å². The molecule has 0 saturated carbocycles. The molecule has 0 spiro atoms. The molecule has 1 aromatic carbocycles. The fourth-order valence-electron chi connectivity index (χ4n) is 2.93. The summed E-state index contributed by atoms with van der Waals surface area (Å²) in [4.78, 5) is 2.58. The van der Waals surface area contributed by atoms with Crippen LogP contribution in [0, 0.1) is 5.92 Å². The number of hydrogen-bond donors (Lipinski definition) is 1. The van der Waals surface area contributed by atoms with E-state index in [-0.39, 0.29) is 0 Å². The summed E-state index contributed by atoms with van der Waals surface area (Å²) < 4.78 is 1.17. The molecule has 1 heterocycles. The Balaban J connectivity index is 2.13. The van der Waals surface area contributed by atoms with Gasteiger partial charge in [-0.2, -0.15) is 0 Å². The van der Waals surface area contributed by atoms with Crippen LogP contribution in [0.25, 0.3) is 0 Å². The summed E-state index contributed by atoms with van der Waals surface area (Å²) in [6.45, 7) is 9.10. The lowest BCUT2D eigenvalue weighted by atomic mass is 9.98. The van der Waals surface area contributed by atoms with Gasteiger partial charge in [0.2, 0.25) is 0 Å². The first-order valence-electron chi connectivity index (χ1n) is 7.35. The van der Waals surface area contributed by atoms with Crippen LogP contribution in [0.5, 0.6) is 0 Å². The fraction of sp³-hybridized carbons (Fsp3) is 0.625. The van der Waals surface area contributed by atoms with Crippen molar-refractivity contribution in [2.24, 2.45) is 5.92 Å². The Labute approximate surface area is 125 Å². The van der Waals surface area contributed by atoms with Crippen LogP contribution in [0.2, 0.25) is 0 Å². The van der Waals surface area contributed by atoms with Crippen LogP contribution < -0.4 is 10.2 Å². The molecule has 1 N–H and O–H groups in total. The normalized spacial score (nSPS) is 23.9. The second-order valence-electron chi connectivity index (χ2n) is 5.93. The van der Waals surface area contributed by atoms with Crippen molar-refractivity contribution in [2.75, 3.05) is 18.0 Å². The highest BCUT2D eigenvalue weighted by atomic mass is 79.9. The molecule has 0 amide bonds. The number of hydrogen-bond acceptors (Lipinski definition) is 2. The highest BCUT2D eigenvalue weighted by Gasteiger charge is 2.27. The van der Waals surface area contributed by atoms with Gasteiger partial charge < -0.3 is 10.2 Å². The molecule has 0 radical (unpaired) electrons. The van der Waals surface area contributed by atoms with Crippen molar-refractivity contribution < 1.29 is 0 Å². The highest BCUT2D eigenvalue weighted by molar-refractivity contribution is 9.10. The van der Waals surface area contributed by atoms with Gasteiger partial charge in [-0.3, -0.25) is 0 Å². The molecule has 1 aromatic rings. The Morgan fingerprint density at radius 3 is 2.84 bits per heavy atom. The van der Waals surface area contributed by atoms with E-state index in [2.05, 4.69) is 71.2 Å². The van der Waals surface area contributed by atoms with Crippen LogP contribution in [0.3, 0.4) is 0 Å². The first-order chi connectivity index (χ1) is 9.10. The van der Waals surface area contributed by atoms with Crippen molar-refractivity contribution in [3.8, 4) is 0 Å². The lowest BCUT2D eigenvalue weighted by molar-refractivity contribution is 0.343. The van der Waals surface area contributed by atoms with Gasteiger partial charge >= 0.3 is 0 Å². The zero-order chi connectivity index (χ0) is 13.8. The third-order valence-electron chi connectivity index (χ3n) is 3.87. The lowest BCUT2D eigenvalue weighted by Crippen LogP contribution is -2.56. The van der Waals surface area contributed by atoms with Crippen LogP contribution in [0.15, 0.2) is 28.7 Å². The molecular formula is C16H25BrN2. The molecule has 0 aromatic heterocycles.